The highest BCUT2D eigenvalue weighted by molar-refractivity contribution is 4.92. The zero-order valence-corrected chi connectivity index (χ0v) is 8.21. The van der Waals surface area contributed by atoms with Gasteiger partial charge in [-0.15, -0.1) is 0 Å². The fourth-order valence-corrected chi connectivity index (χ4v) is 1.11. The Bertz CT molecular complexity index is 391. The van der Waals surface area contributed by atoms with Crippen molar-refractivity contribution in [3.05, 3.63) is 30.2 Å². The van der Waals surface area contributed by atoms with Gasteiger partial charge < -0.3 is 4.52 Å². The van der Waals surface area contributed by atoms with E-state index in [0.717, 1.165) is 0 Å². The molecule has 0 N–H and O–H groups in total. The molecule has 0 unspecified atom stereocenters. The lowest BCUT2D eigenvalue weighted by molar-refractivity contribution is 0.359. The van der Waals surface area contributed by atoms with Crippen molar-refractivity contribution in [1.82, 2.24) is 19.9 Å². The number of aromatic nitrogens is 4. The van der Waals surface area contributed by atoms with Crippen LogP contribution in [0.3, 0.4) is 0 Å². The van der Waals surface area contributed by atoms with Gasteiger partial charge in [-0.05, 0) is 6.07 Å². The standard InChI is InChI=1S/C9H12N4O/c1-7(2)9-11-8(12-14-9)6-13-5-3-4-10-13/h3-5,7H,6H2,1-2H3. The minimum atomic E-state index is 0.272. The summed E-state index contributed by atoms with van der Waals surface area (Å²) in [4.78, 5) is 4.25. The summed E-state index contributed by atoms with van der Waals surface area (Å²) >= 11 is 0. The van der Waals surface area contributed by atoms with E-state index in [2.05, 4.69) is 15.2 Å². The maximum absolute atomic E-state index is 5.07. The van der Waals surface area contributed by atoms with Gasteiger partial charge in [0.05, 0.1) is 0 Å². The highest BCUT2D eigenvalue weighted by Gasteiger charge is 2.09. The van der Waals surface area contributed by atoms with Crippen molar-refractivity contribution in [3.8, 4) is 0 Å². The van der Waals surface area contributed by atoms with Crippen molar-refractivity contribution < 1.29 is 4.52 Å². The Morgan fingerprint density at radius 2 is 2.36 bits per heavy atom. The highest BCUT2D eigenvalue weighted by atomic mass is 16.5. The molecule has 0 aliphatic rings. The first kappa shape index (κ1) is 8.93. The maximum atomic E-state index is 5.07. The predicted octanol–water partition coefficient (Wildman–Crippen LogP) is 1.44. The Kier molecular flexibility index (Phi) is 2.30. The molecule has 0 aliphatic carbocycles. The van der Waals surface area contributed by atoms with E-state index in [4.69, 9.17) is 4.52 Å². The lowest BCUT2D eigenvalue weighted by Crippen LogP contribution is -2.01. The summed E-state index contributed by atoms with van der Waals surface area (Å²) in [5.74, 6) is 1.61. The van der Waals surface area contributed by atoms with Crippen LogP contribution in [0.15, 0.2) is 23.0 Å². The SMILES string of the molecule is CC(C)c1nc(Cn2cccn2)no1. The van der Waals surface area contributed by atoms with Crippen LogP contribution < -0.4 is 0 Å². The summed E-state index contributed by atoms with van der Waals surface area (Å²) in [6, 6.07) is 1.86. The van der Waals surface area contributed by atoms with E-state index in [1.807, 2.05) is 26.1 Å². The van der Waals surface area contributed by atoms with Crippen LogP contribution in [0.5, 0.6) is 0 Å². The van der Waals surface area contributed by atoms with E-state index in [-0.39, 0.29) is 5.92 Å². The average Bonchev–Trinajstić information content (AvgIpc) is 2.75. The van der Waals surface area contributed by atoms with E-state index >= 15 is 0 Å². The lowest BCUT2D eigenvalue weighted by Gasteiger charge is -1.94. The number of nitrogens with zero attached hydrogens (tertiary/aromatic N) is 4. The summed E-state index contributed by atoms with van der Waals surface area (Å²) < 4.78 is 6.83. The van der Waals surface area contributed by atoms with Crippen LogP contribution >= 0.6 is 0 Å². The first-order chi connectivity index (χ1) is 6.75. The van der Waals surface area contributed by atoms with Crippen molar-refractivity contribution in [2.75, 3.05) is 0 Å². The summed E-state index contributed by atoms with van der Waals surface area (Å²) in [5.41, 5.74) is 0. The molecule has 2 aromatic rings. The predicted molar refractivity (Wildman–Crippen MR) is 49.7 cm³/mol. The molecular formula is C9H12N4O. The number of rotatable bonds is 3. The number of hydrogen-bond donors (Lipinski definition) is 0. The van der Waals surface area contributed by atoms with Crippen LogP contribution in [-0.2, 0) is 6.54 Å². The maximum Gasteiger partial charge on any atom is 0.229 e. The minimum Gasteiger partial charge on any atom is -0.339 e. The van der Waals surface area contributed by atoms with Crippen LogP contribution in [0.4, 0.5) is 0 Å². The van der Waals surface area contributed by atoms with E-state index in [9.17, 15) is 0 Å². The molecule has 5 nitrogen and oxygen atoms in total. The van der Waals surface area contributed by atoms with E-state index in [1.165, 1.54) is 0 Å². The van der Waals surface area contributed by atoms with Crippen molar-refractivity contribution in [2.24, 2.45) is 0 Å². The molecule has 0 saturated heterocycles. The zero-order valence-electron chi connectivity index (χ0n) is 8.21. The normalized spacial score (nSPS) is 11.1. The Labute approximate surface area is 81.7 Å². The second-order valence-electron chi connectivity index (χ2n) is 3.41. The highest BCUT2D eigenvalue weighted by Crippen LogP contribution is 2.10. The van der Waals surface area contributed by atoms with Crippen molar-refractivity contribution in [3.63, 3.8) is 0 Å². The van der Waals surface area contributed by atoms with Crippen LogP contribution in [0.25, 0.3) is 0 Å². The molecule has 2 rings (SSSR count). The van der Waals surface area contributed by atoms with Gasteiger partial charge in [0.25, 0.3) is 0 Å². The van der Waals surface area contributed by atoms with Gasteiger partial charge in [0.2, 0.25) is 5.89 Å². The molecule has 0 saturated carbocycles. The average molecular weight is 192 g/mol. The zero-order chi connectivity index (χ0) is 9.97. The van der Waals surface area contributed by atoms with E-state index in [1.54, 1.807) is 10.9 Å². The van der Waals surface area contributed by atoms with Gasteiger partial charge in [0.15, 0.2) is 5.82 Å². The molecule has 0 bridgehead atoms. The monoisotopic (exact) mass is 192 g/mol. The lowest BCUT2D eigenvalue weighted by atomic mass is 10.2. The summed E-state index contributed by atoms with van der Waals surface area (Å²) in [6.07, 6.45) is 3.59. The Hall–Kier alpha value is -1.65. The topological polar surface area (TPSA) is 56.7 Å². The molecule has 5 heteroatoms. The molecule has 0 spiro atoms. The Morgan fingerprint density at radius 3 is 2.93 bits per heavy atom. The quantitative estimate of drug-likeness (QED) is 0.738. The third-order valence-corrected chi connectivity index (χ3v) is 1.84. The third kappa shape index (κ3) is 1.81. The van der Waals surface area contributed by atoms with Crippen molar-refractivity contribution >= 4 is 0 Å². The molecule has 0 aromatic carbocycles. The minimum absolute atomic E-state index is 0.272. The first-order valence-electron chi connectivity index (χ1n) is 4.55. The van der Waals surface area contributed by atoms with Crippen molar-refractivity contribution in [1.29, 1.82) is 0 Å². The Balaban J connectivity index is 2.11. The molecule has 0 atom stereocenters. The second kappa shape index (κ2) is 3.61. The Morgan fingerprint density at radius 1 is 1.50 bits per heavy atom. The third-order valence-electron chi connectivity index (χ3n) is 1.84. The summed E-state index contributed by atoms with van der Waals surface area (Å²) in [7, 11) is 0. The fraction of sp³-hybridized carbons (Fsp3) is 0.444. The first-order valence-corrected chi connectivity index (χ1v) is 4.55. The molecule has 0 amide bonds. The van der Waals surface area contributed by atoms with Crippen LogP contribution in [-0.4, -0.2) is 19.9 Å². The van der Waals surface area contributed by atoms with Crippen LogP contribution in [0.2, 0.25) is 0 Å². The van der Waals surface area contributed by atoms with Gasteiger partial charge in [-0.3, -0.25) is 4.68 Å². The molecule has 14 heavy (non-hydrogen) atoms. The van der Waals surface area contributed by atoms with Crippen molar-refractivity contribution in [2.45, 2.75) is 26.3 Å². The fourth-order valence-electron chi connectivity index (χ4n) is 1.11. The van der Waals surface area contributed by atoms with Crippen LogP contribution in [0.1, 0.15) is 31.5 Å². The molecule has 2 aromatic heterocycles. The molecule has 2 heterocycles. The van der Waals surface area contributed by atoms with Gasteiger partial charge in [-0.1, -0.05) is 19.0 Å². The van der Waals surface area contributed by atoms with Gasteiger partial charge in [0.1, 0.15) is 6.54 Å². The molecule has 0 aliphatic heterocycles. The second-order valence-corrected chi connectivity index (χ2v) is 3.41. The summed E-state index contributed by atoms with van der Waals surface area (Å²) in [6.45, 7) is 4.60. The molecular weight excluding hydrogens is 180 g/mol. The number of hydrogen-bond acceptors (Lipinski definition) is 4. The largest absolute Gasteiger partial charge is 0.339 e. The molecule has 0 radical (unpaired) electrons. The van der Waals surface area contributed by atoms with Gasteiger partial charge in [-0.25, -0.2) is 0 Å². The molecule has 74 valence electrons. The smallest absolute Gasteiger partial charge is 0.229 e. The van der Waals surface area contributed by atoms with Crippen LogP contribution in [0, 0.1) is 0 Å². The van der Waals surface area contributed by atoms with E-state index < -0.39 is 0 Å². The molecule has 0 fully saturated rings. The van der Waals surface area contributed by atoms with Gasteiger partial charge in [0, 0.05) is 18.3 Å². The van der Waals surface area contributed by atoms with Gasteiger partial charge in [-0.2, -0.15) is 10.1 Å². The van der Waals surface area contributed by atoms with E-state index in [0.29, 0.717) is 18.3 Å². The summed E-state index contributed by atoms with van der Waals surface area (Å²) in [5, 5.41) is 7.93. The van der Waals surface area contributed by atoms with Gasteiger partial charge >= 0.3 is 0 Å².